The number of hydrogen-bond donors (Lipinski definition) is 2. The molecular formula is C9H18N2O. The van der Waals surface area contributed by atoms with Crippen LogP contribution in [-0.4, -0.2) is 25.5 Å². The lowest BCUT2D eigenvalue weighted by Crippen LogP contribution is -2.41. The molecular weight excluding hydrogens is 152 g/mol. The maximum atomic E-state index is 11.3. The van der Waals surface area contributed by atoms with Crippen LogP contribution < -0.4 is 10.6 Å². The van der Waals surface area contributed by atoms with Gasteiger partial charge in [0.1, 0.15) is 0 Å². The molecule has 1 amide bonds. The molecule has 70 valence electrons. The van der Waals surface area contributed by atoms with Crippen molar-refractivity contribution in [3.8, 4) is 0 Å². The van der Waals surface area contributed by atoms with Crippen LogP contribution >= 0.6 is 0 Å². The van der Waals surface area contributed by atoms with E-state index in [1.54, 1.807) is 0 Å². The highest BCUT2D eigenvalue weighted by molar-refractivity contribution is 5.79. The van der Waals surface area contributed by atoms with Crippen molar-refractivity contribution in [1.29, 1.82) is 0 Å². The molecule has 0 aromatic rings. The van der Waals surface area contributed by atoms with E-state index in [2.05, 4.69) is 17.6 Å². The molecule has 1 aliphatic carbocycles. The zero-order valence-electron chi connectivity index (χ0n) is 7.89. The van der Waals surface area contributed by atoms with Crippen LogP contribution in [-0.2, 0) is 4.79 Å². The molecule has 1 unspecified atom stereocenters. The Kier molecular flexibility index (Phi) is 3.53. The van der Waals surface area contributed by atoms with E-state index < -0.39 is 0 Å². The Labute approximate surface area is 73.9 Å². The molecule has 1 aliphatic rings. The van der Waals surface area contributed by atoms with Crippen LogP contribution in [0.2, 0.25) is 0 Å². The Morgan fingerprint density at radius 2 is 2.25 bits per heavy atom. The van der Waals surface area contributed by atoms with Crippen LogP contribution in [0.15, 0.2) is 0 Å². The Morgan fingerprint density at radius 1 is 1.58 bits per heavy atom. The number of likely N-dealkylation sites (N-methyl/N-ethyl adjacent to an activating group) is 1. The first-order valence-corrected chi connectivity index (χ1v) is 4.69. The summed E-state index contributed by atoms with van der Waals surface area (Å²) in [5.74, 6) is 0.553. The highest BCUT2D eigenvalue weighted by Gasteiger charge is 2.24. The largest absolute Gasteiger partial charge is 0.354 e. The van der Waals surface area contributed by atoms with Crippen molar-refractivity contribution in [2.45, 2.75) is 32.2 Å². The van der Waals surface area contributed by atoms with Crippen molar-refractivity contribution in [1.82, 2.24) is 10.6 Å². The number of carbonyl (C=O) groups is 1. The summed E-state index contributed by atoms with van der Waals surface area (Å²) >= 11 is 0. The third kappa shape index (κ3) is 2.48. The molecule has 1 atom stereocenters. The fourth-order valence-electron chi connectivity index (χ4n) is 1.17. The smallest absolute Gasteiger partial charge is 0.223 e. The lowest BCUT2D eigenvalue weighted by atomic mass is 9.85. The maximum absolute atomic E-state index is 11.3. The lowest BCUT2D eigenvalue weighted by molar-refractivity contribution is -0.127. The third-order valence-corrected chi connectivity index (χ3v) is 2.55. The van der Waals surface area contributed by atoms with E-state index in [1.165, 1.54) is 6.42 Å². The molecule has 2 N–H and O–H groups in total. The van der Waals surface area contributed by atoms with Crippen molar-refractivity contribution < 1.29 is 4.79 Å². The first-order chi connectivity index (χ1) is 5.74. The zero-order chi connectivity index (χ0) is 8.97. The summed E-state index contributed by atoms with van der Waals surface area (Å²) in [7, 11) is 1.90. The minimum atomic E-state index is 0.239. The molecule has 12 heavy (non-hydrogen) atoms. The van der Waals surface area contributed by atoms with Crippen LogP contribution in [0.5, 0.6) is 0 Å². The second-order valence-corrected chi connectivity index (χ2v) is 3.56. The summed E-state index contributed by atoms with van der Waals surface area (Å²) in [6.45, 7) is 2.80. The molecule has 0 saturated heterocycles. The van der Waals surface area contributed by atoms with Gasteiger partial charge in [0.15, 0.2) is 0 Å². The number of amides is 1. The summed E-state index contributed by atoms with van der Waals surface area (Å²) in [6.07, 6.45) is 3.39. The topological polar surface area (TPSA) is 41.1 Å². The first kappa shape index (κ1) is 9.52. The van der Waals surface area contributed by atoms with Crippen molar-refractivity contribution >= 4 is 5.91 Å². The van der Waals surface area contributed by atoms with Crippen molar-refractivity contribution in [2.24, 2.45) is 5.92 Å². The summed E-state index contributed by atoms with van der Waals surface area (Å²) in [6, 6.07) is 0.369. The Bertz CT molecular complexity index is 155. The van der Waals surface area contributed by atoms with Gasteiger partial charge in [-0.3, -0.25) is 4.79 Å². The molecule has 0 heterocycles. The Hall–Kier alpha value is -0.570. The molecule has 0 spiro atoms. The molecule has 0 aromatic carbocycles. The van der Waals surface area contributed by atoms with E-state index >= 15 is 0 Å². The van der Waals surface area contributed by atoms with Gasteiger partial charge in [0.2, 0.25) is 5.91 Å². The van der Waals surface area contributed by atoms with Crippen LogP contribution in [0.1, 0.15) is 26.2 Å². The van der Waals surface area contributed by atoms with Gasteiger partial charge in [0.25, 0.3) is 0 Å². The predicted octanol–water partition coefficient (Wildman–Crippen LogP) is 0.511. The molecule has 0 bridgehead atoms. The molecule has 0 aromatic heterocycles. The van der Waals surface area contributed by atoms with Crippen molar-refractivity contribution in [2.75, 3.05) is 13.6 Å². The molecule has 0 radical (unpaired) electrons. The van der Waals surface area contributed by atoms with Gasteiger partial charge in [-0.1, -0.05) is 6.42 Å². The van der Waals surface area contributed by atoms with Crippen LogP contribution in [0.25, 0.3) is 0 Å². The molecule has 3 heteroatoms. The molecule has 1 fully saturated rings. The van der Waals surface area contributed by atoms with Crippen LogP contribution in [0.4, 0.5) is 0 Å². The van der Waals surface area contributed by atoms with Crippen molar-refractivity contribution in [3.63, 3.8) is 0 Å². The van der Waals surface area contributed by atoms with Gasteiger partial charge in [0, 0.05) is 18.5 Å². The van der Waals surface area contributed by atoms with Gasteiger partial charge < -0.3 is 10.6 Å². The maximum Gasteiger partial charge on any atom is 0.223 e. The predicted molar refractivity (Wildman–Crippen MR) is 48.9 cm³/mol. The van der Waals surface area contributed by atoms with E-state index in [4.69, 9.17) is 0 Å². The average molecular weight is 170 g/mol. The highest BCUT2D eigenvalue weighted by Crippen LogP contribution is 2.25. The van der Waals surface area contributed by atoms with E-state index in [0.29, 0.717) is 12.0 Å². The average Bonchev–Trinajstić information content (AvgIpc) is 1.97. The van der Waals surface area contributed by atoms with Gasteiger partial charge >= 0.3 is 0 Å². The molecule has 0 aliphatic heterocycles. The standard InChI is InChI=1S/C9H18N2O/c1-7(10-2)6-11-9(12)8-4-3-5-8/h7-8,10H,3-6H2,1-2H3,(H,11,12). The quantitative estimate of drug-likeness (QED) is 0.645. The number of hydrogen-bond acceptors (Lipinski definition) is 2. The van der Waals surface area contributed by atoms with Gasteiger partial charge in [-0.15, -0.1) is 0 Å². The normalized spacial score (nSPS) is 19.8. The summed E-state index contributed by atoms with van der Waals surface area (Å²) in [5, 5.41) is 6.01. The summed E-state index contributed by atoms with van der Waals surface area (Å²) in [4.78, 5) is 11.3. The van der Waals surface area contributed by atoms with Gasteiger partial charge in [-0.2, -0.15) is 0 Å². The number of carbonyl (C=O) groups excluding carboxylic acids is 1. The van der Waals surface area contributed by atoms with Gasteiger partial charge in [0.05, 0.1) is 0 Å². The fraction of sp³-hybridized carbons (Fsp3) is 0.889. The molecule has 1 saturated carbocycles. The monoisotopic (exact) mass is 170 g/mol. The Balaban J connectivity index is 2.09. The molecule has 3 nitrogen and oxygen atoms in total. The minimum Gasteiger partial charge on any atom is -0.354 e. The van der Waals surface area contributed by atoms with E-state index in [-0.39, 0.29) is 5.91 Å². The second kappa shape index (κ2) is 4.45. The zero-order valence-corrected chi connectivity index (χ0v) is 7.89. The van der Waals surface area contributed by atoms with Gasteiger partial charge in [-0.25, -0.2) is 0 Å². The second-order valence-electron chi connectivity index (χ2n) is 3.56. The van der Waals surface area contributed by atoms with Crippen molar-refractivity contribution in [3.05, 3.63) is 0 Å². The minimum absolute atomic E-state index is 0.239. The highest BCUT2D eigenvalue weighted by atomic mass is 16.1. The summed E-state index contributed by atoms with van der Waals surface area (Å²) in [5.41, 5.74) is 0. The first-order valence-electron chi connectivity index (χ1n) is 4.69. The van der Waals surface area contributed by atoms with E-state index in [1.807, 2.05) is 7.05 Å². The van der Waals surface area contributed by atoms with Crippen LogP contribution in [0, 0.1) is 5.92 Å². The lowest BCUT2D eigenvalue weighted by Gasteiger charge is -2.24. The molecule has 1 rings (SSSR count). The SMILES string of the molecule is CNC(C)CNC(=O)C1CCC1. The fourth-order valence-corrected chi connectivity index (χ4v) is 1.17. The van der Waals surface area contributed by atoms with Gasteiger partial charge in [-0.05, 0) is 26.8 Å². The summed E-state index contributed by atoms with van der Waals surface area (Å²) < 4.78 is 0. The van der Waals surface area contributed by atoms with Crippen LogP contribution in [0.3, 0.4) is 0 Å². The Morgan fingerprint density at radius 3 is 2.67 bits per heavy atom. The van der Waals surface area contributed by atoms with E-state index in [9.17, 15) is 4.79 Å². The third-order valence-electron chi connectivity index (χ3n) is 2.55. The number of rotatable bonds is 4. The van der Waals surface area contributed by atoms with E-state index in [0.717, 1.165) is 19.4 Å². The number of nitrogens with one attached hydrogen (secondary N) is 2.